The van der Waals surface area contributed by atoms with Gasteiger partial charge in [0, 0.05) is 43.6 Å². The summed E-state index contributed by atoms with van der Waals surface area (Å²) in [5.74, 6) is 1.15. The van der Waals surface area contributed by atoms with Gasteiger partial charge in [-0.15, -0.1) is 11.3 Å². The van der Waals surface area contributed by atoms with Crippen molar-refractivity contribution >= 4 is 27.1 Å². The summed E-state index contributed by atoms with van der Waals surface area (Å²) in [6.07, 6.45) is 0.537. The van der Waals surface area contributed by atoms with E-state index in [0.717, 1.165) is 43.4 Å². The molecule has 7 nitrogen and oxygen atoms in total. The van der Waals surface area contributed by atoms with Crippen molar-refractivity contribution in [3.8, 4) is 5.75 Å². The molecule has 1 atom stereocenters. The molecule has 0 aliphatic carbocycles. The van der Waals surface area contributed by atoms with Crippen LogP contribution in [0.25, 0.3) is 0 Å². The maximum Gasteiger partial charge on any atom is 0.237 e. The number of ether oxygens (including phenoxy) is 1. The van der Waals surface area contributed by atoms with E-state index in [1.165, 1.54) is 5.56 Å². The average Bonchev–Trinajstić information content (AvgIpc) is 3.43. The van der Waals surface area contributed by atoms with Crippen molar-refractivity contribution in [2.45, 2.75) is 25.6 Å². The van der Waals surface area contributed by atoms with Crippen LogP contribution in [0.4, 0.5) is 0 Å². The molecule has 0 bridgehead atoms. The zero-order valence-electron chi connectivity index (χ0n) is 18.5. The molecule has 3 heterocycles. The lowest BCUT2D eigenvalue weighted by molar-refractivity contribution is -0.135. The molecule has 0 N–H and O–H groups in total. The van der Waals surface area contributed by atoms with Crippen molar-refractivity contribution in [2.75, 3.05) is 51.3 Å². The minimum atomic E-state index is -3.05. The van der Waals surface area contributed by atoms with Crippen LogP contribution >= 0.6 is 11.3 Å². The van der Waals surface area contributed by atoms with Crippen molar-refractivity contribution in [1.82, 2.24) is 14.7 Å². The molecule has 2 aromatic rings. The van der Waals surface area contributed by atoms with Gasteiger partial charge in [-0.3, -0.25) is 14.6 Å². The Labute approximate surface area is 194 Å². The van der Waals surface area contributed by atoms with E-state index in [4.69, 9.17) is 4.74 Å². The van der Waals surface area contributed by atoms with Crippen LogP contribution in [0.1, 0.15) is 16.9 Å². The van der Waals surface area contributed by atoms with E-state index in [9.17, 15) is 13.2 Å². The van der Waals surface area contributed by atoms with Crippen LogP contribution in [0.15, 0.2) is 41.8 Å². The SMILES string of the molecule is COc1ccc(CN2CCN(CC(=O)N(Cc3cccs3)C3CCS(=O)(=O)C3)CC2)cc1. The third kappa shape index (κ3) is 6.10. The molecule has 9 heteroatoms. The van der Waals surface area contributed by atoms with Crippen LogP contribution in [0.3, 0.4) is 0 Å². The molecule has 0 radical (unpaired) electrons. The van der Waals surface area contributed by atoms with Crippen LogP contribution < -0.4 is 4.74 Å². The lowest BCUT2D eigenvalue weighted by atomic mass is 10.2. The zero-order chi connectivity index (χ0) is 22.6. The summed E-state index contributed by atoms with van der Waals surface area (Å²) in [6.45, 7) is 5.20. The van der Waals surface area contributed by atoms with E-state index in [-0.39, 0.29) is 23.5 Å². The summed E-state index contributed by atoms with van der Waals surface area (Å²) >= 11 is 1.61. The smallest absolute Gasteiger partial charge is 0.237 e. The Balaban J connectivity index is 1.31. The summed E-state index contributed by atoms with van der Waals surface area (Å²) in [5.41, 5.74) is 1.25. The summed E-state index contributed by atoms with van der Waals surface area (Å²) in [7, 11) is -1.38. The predicted molar refractivity (Wildman–Crippen MR) is 127 cm³/mol. The van der Waals surface area contributed by atoms with E-state index in [2.05, 4.69) is 21.9 Å². The van der Waals surface area contributed by atoms with E-state index in [1.54, 1.807) is 23.3 Å². The number of carbonyl (C=O) groups excluding carboxylic acids is 1. The molecule has 2 saturated heterocycles. The first kappa shape index (κ1) is 23.2. The van der Waals surface area contributed by atoms with Crippen molar-refractivity contribution in [2.24, 2.45) is 0 Å². The minimum absolute atomic E-state index is 0.0316. The van der Waals surface area contributed by atoms with Crippen LogP contribution in [0.2, 0.25) is 0 Å². The number of piperazine rings is 1. The second-order valence-corrected chi connectivity index (χ2v) is 11.8. The second kappa shape index (κ2) is 10.3. The summed E-state index contributed by atoms with van der Waals surface area (Å²) in [6, 6.07) is 11.9. The monoisotopic (exact) mass is 477 g/mol. The Morgan fingerprint density at radius 2 is 1.84 bits per heavy atom. The quantitative estimate of drug-likeness (QED) is 0.580. The number of methoxy groups -OCH3 is 1. The molecule has 1 aromatic heterocycles. The van der Waals surface area contributed by atoms with Gasteiger partial charge in [0.25, 0.3) is 0 Å². The Hall–Kier alpha value is -1.94. The minimum Gasteiger partial charge on any atom is -0.497 e. The molecule has 4 rings (SSSR count). The van der Waals surface area contributed by atoms with Crippen LogP contribution in [-0.4, -0.2) is 86.4 Å². The van der Waals surface area contributed by atoms with Crippen molar-refractivity contribution in [3.05, 3.63) is 52.2 Å². The van der Waals surface area contributed by atoms with Crippen molar-refractivity contribution < 1.29 is 17.9 Å². The highest BCUT2D eigenvalue weighted by Crippen LogP contribution is 2.22. The van der Waals surface area contributed by atoms with Crippen LogP contribution in [-0.2, 0) is 27.7 Å². The fourth-order valence-electron chi connectivity index (χ4n) is 4.39. The molecule has 1 aromatic carbocycles. The van der Waals surface area contributed by atoms with Gasteiger partial charge in [-0.1, -0.05) is 18.2 Å². The van der Waals surface area contributed by atoms with Gasteiger partial charge in [-0.05, 0) is 35.6 Å². The topological polar surface area (TPSA) is 70.2 Å². The van der Waals surface area contributed by atoms with E-state index in [0.29, 0.717) is 19.5 Å². The highest BCUT2D eigenvalue weighted by Gasteiger charge is 2.35. The number of thiophene rings is 1. The van der Waals surface area contributed by atoms with Crippen molar-refractivity contribution in [1.29, 1.82) is 0 Å². The lowest BCUT2D eigenvalue weighted by Gasteiger charge is -2.36. The Morgan fingerprint density at radius 3 is 2.44 bits per heavy atom. The Morgan fingerprint density at radius 1 is 1.12 bits per heavy atom. The molecular formula is C23H31N3O4S2. The Bertz CT molecular complexity index is 985. The molecule has 2 aliphatic heterocycles. The number of benzene rings is 1. The fraction of sp³-hybridized carbons (Fsp3) is 0.522. The van der Waals surface area contributed by atoms with Gasteiger partial charge in [0.1, 0.15) is 5.75 Å². The number of nitrogens with zero attached hydrogens (tertiary/aromatic N) is 3. The number of amides is 1. The zero-order valence-corrected chi connectivity index (χ0v) is 20.1. The first-order valence-corrected chi connectivity index (χ1v) is 13.7. The molecule has 0 spiro atoms. The number of carbonyl (C=O) groups is 1. The predicted octanol–water partition coefficient (Wildman–Crippen LogP) is 2.09. The van der Waals surface area contributed by atoms with Gasteiger partial charge in [0.2, 0.25) is 5.91 Å². The number of rotatable bonds is 8. The van der Waals surface area contributed by atoms with Crippen LogP contribution in [0, 0.1) is 0 Å². The highest BCUT2D eigenvalue weighted by molar-refractivity contribution is 7.91. The molecule has 32 heavy (non-hydrogen) atoms. The third-order valence-electron chi connectivity index (χ3n) is 6.26. The highest BCUT2D eigenvalue weighted by atomic mass is 32.2. The summed E-state index contributed by atoms with van der Waals surface area (Å²) in [5, 5.41) is 1.99. The summed E-state index contributed by atoms with van der Waals surface area (Å²) < 4.78 is 29.3. The first-order chi connectivity index (χ1) is 15.4. The molecule has 2 fully saturated rings. The number of sulfone groups is 1. The summed E-state index contributed by atoms with van der Waals surface area (Å²) in [4.78, 5) is 20.7. The maximum atomic E-state index is 13.2. The molecule has 2 aliphatic rings. The van der Waals surface area contributed by atoms with Gasteiger partial charge >= 0.3 is 0 Å². The fourth-order valence-corrected chi connectivity index (χ4v) is 6.82. The van der Waals surface area contributed by atoms with E-state index in [1.807, 2.05) is 29.6 Å². The van der Waals surface area contributed by atoms with Gasteiger partial charge in [0.05, 0.1) is 31.7 Å². The second-order valence-electron chi connectivity index (χ2n) is 8.56. The van der Waals surface area contributed by atoms with Crippen LogP contribution in [0.5, 0.6) is 5.75 Å². The molecule has 1 unspecified atom stereocenters. The standard InChI is InChI=1S/C23H31N3O4S2/c1-30-21-6-4-19(5-7-21)15-24-9-11-25(12-10-24)17-23(27)26(16-22-3-2-13-31-22)20-8-14-32(28,29)18-20/h2-7,13,20H,8-12,14-18H2,1H3. The third-order valence-corrected chi connectivity index (χ3v) is 8.88. The number of hydrogen-bond acceptors (Lipinski definition) is 7. The van der Waals surface area contributed by atoms with Gasteiger partial charge in [-0.25, -0.2) is 8.42 Å². The normalized spacial score (nSPS) is 21.5. The van der Waals surface area contributed by atoms with Gasteiger partial charge in [-0.2, -0.15) is 0 Å². The first-order valence-electron chi connectivity index (χ1n) is 11.0. The van der Waals surface area contributed by atoms with Gasteiger partial charge < -0.3 is 9.64 Å². The molecule has 1 amide bonds. The van der Waals surface area contributed by atoms with E-state index < -0.39 is 9.84 Å². The molecular weight excluding hydrogens is 446 g/mol. The maximum absolute atomic E-state index is 13.2. The lowest BCUT2D eigenvalue weighted by Crippen LogP contribution is -2.51. The molecule has 174 valence electrons. The molecule has 0 saturated carbocycles. The largest absolute Gasteiger partial charge is 0.497 e. The Kier molecular flexibility index (Phi) is 7.50. The van der Waals surface area contributed by atoms with Crippen molar-refractivity contribution in [3.63, 3.8) is 0 Å². The average molecular weight is 478 g/mol. The number of hydrogen-bond donors (Lipinski definition) is 0. The van der Waals surface area contributed by atoms with E-state index >= 15 is 0 Å². The van der Waals surface area contributed by atoms with Gasteiger partial charge in [0.15, 0.2) is 9.84 Å².